The molecule has 6 nitrogen and oxygen atoms in total. The molecule has 38 heavy (non-hydrogen) atoms. The predicted octanol–water partition coefficient (Wildman–Crippen LogP) is 6.12. The molecule has 1 fully saturated rings. The number of benzene rings is 3. The number of Topliss-reactive ketones (excluding diaryl/α,β-unsaturated/α-hetero) is 1. The Balaban J connectivity index is 1.84. The van der Waals surface area contributed by atoms with Gasteiger partial charge >= 0.3 is 6.18 Å². The van der Waals surface area contributed by atoms with Crippen LogP contribution in [0.3, 0.4) is 0 Å². The Morgan fingerprint density at radius 2 is 1.63 bits per heavy atom. The van der Waals surface area contributed by atoms with Crippen molar-refractivity contribution >= 4 is 17.4 Å². The number of alkyl halides is 3. The first kappa shape index (κ1) is 26.8. The van der Waals surface area contributed by atoms with Crippen LogP contribution >= 0.6 is 0 Å². The topological polar surface area (TPSA) is 76.1 Å². The molecule has 0 spiro atoms. The largest absolute Gasteiger partial charge is 0.507 e. The molecule has 4 rings (SSSR count). The van der Waals surface area contributed by atoms with Gasteiger partial charge in [-0.2, -0.15) is 13.2 Å². The second-order valence-corrected chi connectivity index (χ2v) is 8.56. The maximum absolute atomic E-state index is 13.3. The molecule has 1 aliphatic rings. The highest BCUT2D eigenvalue weighted by Gasteiger charge is 2.46. The maximum atomic E-state index is 13.3. The monoisotopic (exact) mass is 525 g/mol. The number of ether oxygens (including phenoxy) is 2. The van der Waals surface area contributed by atoms with Crippen molar-refractivity contribution in [3.05, 3.63) is 101 Å². The molecule has 1 aliphatic heterocycles. The number of aliphatic hydroxyl groups excluding tert-OH is 1. The standard InChI is InChI=1S/C29H26F3NO5/c1-3-37-21-13-14-22(23(16-21)38-4-2)26(34)24-25(19-10-6-5-7-11-19)33(28(36)27(24)35)17-18-9-8-12-20(15-18)29(30,31)32/h5-16,25,34H,3-4,17H2,1-2H3/b26-24-. The number of likely N-dealkylation sites (tertiary alicyclic amines) is 1. The molecule has 0 bridgehead atoms. The number of carbonyl (C=O) groups excluding carboxylic acids is 2. The molecule has 198 valence electrons. The molecule has 1 unspecified atom stereocenters. The Kier molecular flexibility index (Phi) is 7.75. The molecule has 1 N–H and O–H groups in total. The van der Waals surface area contributed by atoms with Crippen molar-refractivity contribution in [2.24, 2.45) is 0 Å². The summed E-state index contributed by atoms with van der Waals surface area (Å²) in [5.41, 5.74) is -0.145. The van der Waals surface area contributed by atoms with Crippen molar-refractivity contribution < 1.29 is 37.3 Å². The molecule has 9 heteroatoms. The van der Waals surface area contributed by atoms with E-state index in [9.17, 15) is 27.9 Å². The second kappa shape index (κ2) is 11.0. The van der Waals surface area contributed by atoms with E-state index in [-0.39, 0.29) is 35.6 Å². The van der Waals surface area contributed by atoms with E-state index in [1.165, 1.54) is 23.1 Å². The number of nitrogens with zero attached hydrogens (tertiary/aromatic N) is 1. The van der Waals surface area contributed by atoms with Gasteiger partial charge in [-0.1, -0.05) is 42.5 Å². The summed E-state index contributed by atoms with van der Waals surface area (Å²) in [5, 5.41) is 11.4. The van der Waals surface area contributed by atoms with E-state index < -0.39 is 35.2 Å². The summed E-state index contributed by atoms with van der Waals surface area (Å²) in [6.07, 6.45) is -4.56. The van der Waals surface area contributed by atoms with Gasteiger partial charge in [0.25, 0.3) is 11.7 Å². The predicted molar refractivity (Wildman–Crippen MR) is 135 cm³/mol. The Morgan fingerprint density at radius 1 is 0.921 bits per heavy atom. The number of rotatable bonds is 8. The van der Waals surface area contributed by atoms with Crippen LogP contribution in [0.25, 0.3) is 5.76 Å². The van der Waals surface area contributed by atoms with Crippen molar-refractivity contribution in [1.82, 2.24) is 4.90 Å². The quantitative estimate of drug-likeness (QED) is 0.218. The number of hydrogen-bond acceptors (Lipinski definition) is 5. The molecule has 3 aromatic carbocycles. The molecule has 3 aromatic rings. The highest BCUT2D eigenvalue weighted by atomic mass is 19.4. The SMILES string of the molecule is CCOc1ccc(/C(O)=C2/C(=O)C(=O)N(Cc3cccc(C(F)(F)F)c3)C2c2ccccc2)c(OCC)c1. The molecule has 0 aromatic heterocycles. The summed E-state index contributed by atoms with van der Waals surface area (Å²) in [5.74, 6) is -1.57. The van der Waals surface area contributed by atoms with Crippen LogP contribution in [0.1, 0.15) is 42.1 Å². The van der Waals surface area contributed by atoms with E-state index in [4.69, 9.17) is 9.47 Å². The van der Waals surface area contributed by atoms with Crippen molar-refractivity contribution in [2.45, 2.75) is 32.6 Å². The smallest absolute Gasteiger partial charge is 0.416 e. The van der Waals surface area contributed by atoms with Crippen molar-refractivity contribution in [3.8, 4) is 11.5 Å². The van der Waals surface area contributed by atoms with Gasteiger partial charge in [-0.05, 0) is 49.2 Å². The number of amides is 1. The third kappa shape index (κ3) is 5.37. The van der Waals surface area contributed by atoms with Crippen LogP contribution in [0.4, 0.5) is 13.2 Å². The van der Waals surface area contributed by atoms with Crippen LogP contribution < -0.4 is 9.47 Å². The normalized spacial score (nSPS) is 17.1. The fourth-order valence-corrected chi connectivity index (χ4v) is 4.44. The first-order valence-corrected chi connectivity index (χ1v) is 12.0. The Morgan fingerprint density at radius 3 is 2.29 bits per heavy atom. The number of ketones is 1. The number of aliphatic hydroxyl groups is 1. The van der Waals surface area contributed by atoms with Crippen LogP contribution in [0.15, 0.2) is 78.4 Å². The highest BCUT2D eigenvalue weighted by Crippen LogP contribution is 2.42. The minimum absolute atomic E-state index is 0.182. The van der Waals surface area contributed by atoms with Crippen LogP contribution in [-0.4, -0.2) is 34.9 Å². The van der Waals surface area contributed by atoms with Crippen LogP contribution in [0.5, 0.6) is 11.5 Å². The fraction of sp³-hybridized carbons (Fsp3) is 0.241. The van der Waals surface area contributed by atoms with Crippen LogP contribution in [0, 0.1) is 0 Å². The molecule has 1 heterocycles. The molecule has 0 aliphatic carbocycles. The van der Waals surface area contributed by atoms with E-state index in [1.807, 2.05) is 6.92 Å². The molecular formula is C29H26F3NO5. The lowest BCUT2D eigenvalue weighted by Gasteiger charge is -2.26. The summed E-state index contributed by atoms with van der Waals surface area (Å²) < 4.78 is 51.1. The number of hydrogen-bond donors (Lipinski definition) is 1. The minimum atomic E-state index is -4.56. The molecule has 0 saturated carbocycles. The zero-order valence-corrected chi connectivity index (χ0v) is 20.8. The summed E-state index contributed by atoms with van der Waals surface area (Å²) in [6, 6.07) is 16.8. The van der Waals surface area contributed by atoms with Gasteiger partial charge in [-0.3, -0.25) is 9.59 Å². The van der Waals surface area contributed by atoms with Crippen molar-refractivity contribution in [1.29, 1.82) is 0 Å². The van der Waals surface area contributed by atoms with E-state index in [1.54, 1.807) is 49.4 Å². The molecular weight excluding hydrogens is 499 g/mol. The summed E-state index contributed by atoms with van der Waals surface area (Å²) >= 11 is 0. The van der Waals surface area contributed by atoms with Gasteiger partial charge in [-0.15, -0.1) is 0 Å². The van der Waals surface area contributed by atoms with Crippen LogP contribution in [0.2, 0.25) is 0 Å². The van der Waals surface area contributed by atoms with Crippen LogP contribution in [-0.2, 0) is 22.3 Å². The Hall–Kier alpha value is -4.27. The first-order chi connectivity index (χ1) is 18.2. The lowest BCUT2D eigenvalue weighted by molar-refractivity contribution is -0.140. The van der Waals surface area contributed by atoms with E-state index in [2.05, 4.69) is 0 Å². The average molecular weight is 526 g/mol. The van der Waals surface area contributed by atoms with Crippen molar-refractivity contribution in [3.63, 3.8) is 0 Å². The summed E-state index contributed by atoms with van der Waals surface area (Å²) in [7, 11) is 0. The van der Waals surface area contributed by atoms with Gasteiger partial charge in [-0.25, -0.2) is 0 Å². The third-order valence-corrected chi connectivity index (χ3v) is 6.08. The zero-order chi connectivity index (χ0) is 27.4. The Bertz CT molecular complexity index is 1370. The van der Waals surface area contributed by atoms with Crippen molar-refractivity contribution in [2.75, 3.05) is 13.2 Å². The van der Waals surface area contributed by atoms with Gasteiger partial charge in [0.05, 0.1) is 36.0 Å². The molecule has 1 saturated heterocycles. The van der Waals surface area contributed by atoms with Gasteiger partial charge < -0.3 is 19.5 Å². The number of carbonyl (C=O) groups is 2. The van der Waals surface area contributed by atoms with E-state index >= 15 is 0 Å². The zero-order valence-electron chi connectivity index (χ0n) is 20.8. The minimum Gasteiger partial charge on any atom is -0.507 e. The number of halogens is 3. The van der Waals surface area contributed by atoms with Gasteiger partial charge in [0.15, 0.2) is 0 Å². The van der Waals surface area contributed by atoms with Gasteiger partial charge in [0.2, 0.25) is 0 Å². The third-order valence-electron chi connectivity index (χ3n) is 6.08. The summed E-state index contributed by atoms with van der Waals surface area (Å²) in [6.45, 7) is 3.98. The molecule has 1 amide bonds. The maximum Gasteiger partial charge on any atom is 0.416 e. The highest BCUT2D eigenvalue weighted by molar-refractivity contribution is 6.46. The molecule has 0 radical (unpaired) electrons. The first-order valence-electron chi connectivity index (χ1n) is 12.0. The second-order valence-electron chi connectivity index (χ2n) is 8.56. The van der Waals surface area contributed by atoms with E-state index in [0.29, 0.717) is 17.9 Å². The van der Waals surface area contributed by atoms with Gasteiger partial charge in [0.1, 0.15) is 17.3 Å². The van der Waals surface area contributed by atoms with E-state index in [0.717, 1.165) is 12.1 Å². The lowest BCUT2D eigenvalue weighted by atomic mass is 9.94. The molecule has 1 atom stereocenters. The Labute approximate surface area is 217 Å². The van der Waals surface area contributed by atoms with Gasteiger partial charge in [0, 0.05) is 12.6 Å². The average Bonchev–Trinajstić information content (AvgIpc) is 3.14. The summed E-state index contributed by atoms with van der Waals surface area (Å²) in [4.78, 5) is 27.7. The lowest BCUT2D eigenvalue weighted by Crippen LogP contribution is -2.29. The fourth-order valence-electron chi connectivity index (χ4n) is 4.44.